The van der Waals surface area contributed by atoms with Crippen molar-refractivity contribution in [2.75, 3.05) is 26.4 Å². The zero-order valence-electron chi connectivity index (χ0n) is 10.0. The summed E-state index contributed by atoms with van der Waals surface area (Å²) in [5, 5.41) is 0. The van der Waals surface area contributed by atoms with Gasteiger partial charge >= 0.3 is 10.0 Å². The molecule has 0 fully saturated rings. The summed E-state index contributed by atoms with van der Waals surface area (Å²) in [5.41, 5.74) is 1.17. The molecule has 0 aliphatic carbocycles. The zero-order valence-corrected chi connectivity index (χ0v) is 11.4. The summed E-state index contributed by atoms with van der Waals surface area (Å²) in [4.78, 5) is 8.50. The highest BCUT2D eigenvalue weighted by molar-refractivity contribution is 6.15. The van der Waals surface area contributed by atoms with Gasteiger partial charge in [0.25, 0.3) is 0 Å². The van der Waals surface area contributed by atoms with Crippen LogP contribution in [0.3, 0.4) is 0 Å². The van der Waals surface area contributed by atoms with Crippen molar-refractivity contribution in [1.82, 2.24) is 0 Å². The Morgan fingerprint density at radius 1 is 0.941 bits per heavy atom. The van der Waals surface area contributed by atoms with Gasteiger partial charge in [-0.2, -0.15) is 0 Å². The van der Waals surface area contributed by atoms with Gasteiger partial charge < -0.3 is 18.7 Å². The van der Waals surface area contributed by atoms with Crippen LogP contribution in [0.5, 0.6) is 0 Å². The maximum atomic E-state index is 8.50. The van der Waals surface area contributed by atoms with Crippen LogP contribution in [0.4, 0.5) is 0 Å². The van der Waals surface area contributed by atoms with Crippen molar-refractivity contribution < 1.29 is 18.7 Å². The lowest BCUT2D eigenvalue weighted by atomic mass is 10.2. The first-order valence-corrected chi connectivity index (χ1v) is 7.02. The first-order valence-electron chi connectivity index (χ1n) is 5.81. The van der Waals surface area contributed by atoms with Crippen LogP contribution in [-0.2, 0) is 20.5 Å². The van der Waals surface area contributed by atoms with Crippen LogP contribution in [0.25, 0.3) is 0 Å². The largest absolute Gasteiger partial charge is 0.415 e. The minimum atomic E-state index is -1.24. The minimum absolute atomic E-state index is 0.591. The second kappa shape index (κ2) is 10.4. The van der Waals surface area contributed by atoms with E-state index in [0.29, 0.717) is 33.0 Å². The van der Waals surface area contributed by atoms with Crippen LogP contribution in [0.1, 0.15) is 12.0 Å². The predicted octanol–water partition coefficient (Wildman–Crippen LogP) is 0.618. The van der Waals surface area contributed by atoms with E-state index in [2.05, 4.69) is 0 Å². The number of ether oxygens (including phenoxy) is 2. The summed E-state index contributed by atoms with van der Waals surface area (Å²) in [6, 6.07) is 10.1. The van der Waals surface area contributed by atoms with Crippen molar-refractivity contribution in [2.24, 2.45) is 0 Å². The maximum absolute atomic E-state index is 8.50. The van der Waals surface area contributed by atoms with E-state index in [1.165, 1.54) is 5.56 Å². The van der Waals surface area contributed by atoms with Gasteiger partial charge in [-0.25, -0.2) is 0 Å². The molecule has 0 bridgehead atoms. The average Bonchev–Trinajstić information content (AvgIpc) is 2.38. The highest BCUT2D eigenvalue weighted by Gasteiger charge is 1.93. The van der Waals surface area contributed by atoms with E-state index in [-0.39, 0.29) is 0 Å². The molecule has 0 aliphatic heterocycles. The molecule has 1 N–H and O–H groups in total. The molecule has 0 unspecified atom stereocenters. The SMILES string of the molecule is O[SiH2]OCCCOCCOCc1ccccc1. The Bertz CT molecular complexity index is 268. The molecule has 0 spiro atoms. The summed E-state index contributed by atoms with van der Waals surface area (Å²) in [5.74, 6) is 0. The van der Waals surface area contributed by atoms with Crippen LogP contribution < -0.4 is 0 Å². The van der Waals surface area contributed by atoms with E-state index in [0.717, 1.165) is 6.42 Å². The molecule has 4 nitrogen and oxygen atoms in total. The summed E-state index contributed by atoms with van der Waals surface area (Å²) >= 11 is 0. The van der Waals surface area contributed by atoms with Gasteiger partial charge in [0.1, 0.15) is 0 Å². The summed E-state index contributed by atoms with van der Waals surface area (Å²) in [6.45, 7) is 3.08. The van der Waals surface area contributed by atoms with E-state index in [1.54, 1.807) is 0 Å². The molecule has 96 valence electrons. The first-order chi connectivity index (χ1) is 8.43. The average molecular weight is 256 g/mol. The molecule has 0 aromatic heterocycles. The molecule has 1 aromatic carbocycles. The lowest BCUT2D eigenvalue weighted by molar-refractivity contribution is 0.0365. The fourth-order valence-corrected chi connectivity index (χ4v) is 1.64. The van der Waals surface area contributed by atoms with Crippen LogP contribution >= 0.6 is 0 Å². The molecule has 0 radical (unpaired) electrons. The van der Waals surface area contributed by atoms with Gasteiger partial charge in [0, 0.05) is 13.2 Å². The fourth-order valence-electron chi connectivity index (χ4n) is 1.31. The second-order valence-corrected chi connectivity index (χ2v) is 4.21. The molecule has 0 saturated carbocycles. The van der Waals surface area contributed by atoms with Crippen molar-refractivity contribution in [3.05, 3.63) is 35.9 Å². The molecule has 0 saturated heterocycles. The summed E-state index contributed by atoms with van der Waals surface area (Å²) in [6.07, 6.45) is 0.826. The normalized spacial score (nSPS) is 11.4. The molecule has 17 heavy (non-hydrogen) atoms. The maximum Gasteiger partial charge on any atom is 0.301 e. The van der Waals surface area contributed by atoms with Crippen molar-refractivity contribution in [3.8, 4) is 0 Å². The van der Waals surface area contributed by atoms with Crippen molar-refractivity contribution in [3.63, 3.8) is 0 Å². The van der Waals surface area contributed by atoms with Crippen LogP contribution in [0.2, 0.25) is 0 Å². The van der Waals surface area contributed by atoms with Gasteiger partial charge in [-0.1, -0.05) is 30.3 Å². The van der Waals surface area contributed by atoms with E-state index in [1.807, 2.05) is 30.3 Å². The van der Waals surface area contributed by atoms with Gasteiger partial charge in [0.2, 0.25) is 0 Å². The van der Waals surface area contributed by atoms with Gasteiger partial charge in [-0.15, -0.1) is 0 Å². The second-order valence-electron chi connectivity index (χ2n) is 3.54. The van der Waals surface area contributed by atoms with Crippen LogP contribution in [0, 0.1) is 0 Å². The molecule has 5 heteroatoms. The Morgan fingerprint density at radius 2 is 1.71 bits per heavy atom. The monoisotopic (exact) mass is 256 g/mol. The third kappa shape index (κ3) is 8.06. The molecule has 1 rings (SSSR count). The van der Waals surface area contributed by atoms with E-state index < -0.39 is 10.0 Å². The van der Waals surface area contributed by atoms with Gasteiger partial charge in [-0.3, -0.25) is 0 Å². The Labute approximate surface area is 105 Å². The third-order valence-corrected chi connectivity index (χ3v) is 2.62. The molecule has 1 aromatic rings. The Balaban J connectivity index is 1.85. The predicted molar refractivity (Wildman–Crippen MR) is 68.2 cm³/mol. The van der Waals surface area contributed by atoms with E-state index in [4.69, 9.17) is 18.7 Å². The number of rotatable bonds is 10. The van der Waals surface area contributed by atoms with Crippen LogP contribution in [-0.4, -0.2) is 41.2 Å². The van der Waals surface area contributed by atoms with Crippen LogP contribution in [0.15, 0.2) is 30.3 Å². The van der Waals surface area contributed by atoms with E-state index >= 15 is 0 Å². The first kappa shape index (κ1) is 14.3. The Morgan fingerprint density at radius 3 is 2.47 bits per heavy atom. The number of hydrogen-bond acceptors (Lipinski definition) is 4. The molecule has 0 aliphatic rings. The number of benzene rings is 1. The van der Waals surface area contributed by atoms with Crippen molar-refractivity contribution in [1.29, 1.82) is 0 Å². The minimum Gasteiger partial charge on any atom is -0.415 e. The fraction of sp³-hybridized carbons (Fsp3) is 0.500. The molecular formula is C12H20O4Si. The molecular weight excluding hydrogens is 236 g/mol. The zero-order chi connectivity index (χ0) is 12.2. The summed E-state index contributed by atoms with van der Waals surface area (Å²) < 4.78 is 15.7. The smallest absolute Gasteiger partial charge is 0.301 e. The highest BCUT2D eigenvalue weighted by Crippen LogP contribution is 1.99. The highest BCUT2D eigenvalue weighted by atomic mass is 28.2. The van der Waals surface area contributed by atoms with Crippen molar-refractivity contribution >= 4 is 10.0 Å². The Kier molecular flexibility index (Phi) is 8.80. The van der Waals surface area contributed by atoms with Crippen molar-refractivity contribution in [2.45, 2.75) is 13.0 Å². The lowest BCUT2D eigenvalue weighted by Crippen LogP contribution is -2.08. The third-order valence-electron chi connectivity index (χ3n) is 2.15. The lowest BCUT2D eigenvalue weighted by Gasteiger charge is -2.06. The number of hydrogen-bond donors (Lipinski definition) is 1. The van der Waals surface area contributed by atoms with Gasteiger partial charge in [0.15, 0.2) is 0 Å². The standard InChI is InChI=1S/C12H20O4Si/c13-17-16-8-4-7-14-9-10-15-11-12-5-2-1-3-6-12/h1-3,5-6,13H,4,7-11,17H2. The van der Waals surface area contributed by atoms with E-state index in [9.17, 15) is 0 Å². The Hall–Kier alpha value is -0.723. The van der Waals surface area contributed by atoms with Gasteiger partial charge in [0.05, 0.1) is 19.8 Å². The summed E-state index contributed by atoms with van der Waals surface area (Å²) in [7, 11) is -1.24. The van der Waals surface area contributed by atoms with Gasteiger partial charge in [-0.05, 0) is 12.0 Å². The molecule has 0 atom stereocenters. The quantitative estimate of drug-likeness (QED) is 0.492. The molecule has 0 amide bonds. The topological polar surface area (TPSA) is 47.9 Å². The molecule has 0 heterocycles.